The first-order valence-electron chi connectivity index (χ1n) is 6.57. The first-order valence-corrected chi connectivity index (χ1v) is 7.70. The third-order valence-corrected chi connectivity index (χ3v) is 4.03. The van der Waals surface area contributed by atoms with Crippen molar-refractivity contribution in [2.24, 2.45) is 0 Å². The molecular weight excluding hydrogens is 351 g/mol. The molecule has 5 nitrogen and oxygen atoms in total. The lowest BCUT2D eigenvalue weighted by molar-refractivity contribution is -0.144. The van der Waals surface area contributed by atoms with Crippen molar-refractivity contribution in [1.82, 2.24) is 4.90 Å². The van der Waals surface area contributed by atoms with E-state index < -0.39 is 12.0 Å². The lowest BCUT2D eigenvalue weighted by Gasteiger charge is -2.23. The maximum atomic E-state index is 12.2. The summed E-state index contributed by atoms with van der Waals surface area (Å²) in [4.78, 5) is 25.2. The Morgan fingerprint density at radius 3 is 2.41 bits per heavy atom. The lowest BCUT2D eigenvalue weighted by atomic mass is 10.2. The van der Waals surface area contributed by atoms with Crippen molar-refractivity contribution in [2.75, 3.05) is 25.5 Å². The van der Waals surface area contributed by atoms with Crippen molar-refractivity contribution in [3.63, 3.8) is 0 Å². The number of hydrogen-bond acceptors (Lipinski definition) is 4. The van der Waals surface area contributed by atoms with Crippen LogP contribution in [0.25, 0.3) is 0 Å². The van der Waals surface area contributed by atoms with E-state index in [9.17, 15) is 9.59 Å². The van der Waals surface area contributed by atoms with Crippen LogP contribution < -0.4 is 5.32 Å². The molecule has 0 aliphatic carbocycles. The third-order valence-electron chi connectivity index (χ3n) is 2.99. The fourth-order valence-electron chi connectivity index (χ4n) is 1.60. The molecule has 1 N–H and O–H groups in total. The van der Waals surface area contributed by atoms with Gasteiger partial charge in [-0.15, -0.1) is 0 Å². The van der Waals surface area contributed by atoms with Crippen molar-refractivity contribution >= 4 is 52.4 Å². The van der Waals surface area contributed by atoms with Gasteiger partial charge in [0.05, 0.1) is 39.9 Å². The van der Waals surface area contributed by atoms with Crippen LogP contribution in [0.15, 0.2) is 12.1 Å². The molecule has 1 unspecified atom stereocenters. The molecule has 1 amide bonds. The van der Waals surface area contributed by atoms with Crippen molar-refractivity contribution < 1.29 is 14.3 Å². The number of hydrogen-bond donors (Lipinski definition) is 1. The molecule has 0 aliphatic rings. The molecule has 1 atom stereocenters. The molecule has 0 radical (unpaired) electrons. The van der Waals surface area contributed by atoms with Crippen LogP contribution in [0, 0.1) is 0 Å². The SMILES string of the molecule is CCOC(=O)CN(C)C(C)C(=O)Nc1cc(Cl)c(Cl)cc1Cl. The van der Waals surface area contributed by atoms with E-state index in [0.29, 0.717) is 17.3 Å². The molecule has 22 heavy (non-hydrogen) atoms. The topological polar surface area (TPSA) is 58.6 Å². The minimum atomic E-state index is -0.560. The predicted molar refractivity (Wildman–Crippen MR) is 88.8 cm³/mol. The Labute approximate surface area is 144 Å². The van der Waals surface area contributed by atoms with E-state index in [-0.39, 0.29) is 22.5 Å². The summed E-state index contributed by atoms with van der Waals surface area (Å²) in [6.07, 6.45) is 0. The Kier molecular flexibility index (Phi) is 7.42. The first kappa shape index (κ1) is 19.0. The summed E-state index contributed by atoms with van der Waals surface area (Å²) >= 11 is 17.7. The van der Waals surface area contributed by atoms with Gasteiger partial charge in [0.2, 0.25) is 5.91 Å². The van der Waals surface area contributed by atoms with Crippen LogP contribution in [0.3, 0.4) is 0 Å². The Morgan fingerprint density at radius 1 is 1.23 bits per heavy atom. The minimum Gasteiger partial charge on any atom is -0.465 e. The number of esters is 1. The van der Waals surface area contributed by atoms with Crippen molar-refractivity contribution in [3.8, 4) is 0 Å². The Bertz CT molecular complexity index is 567. The zero-order valence-corrected chi connectivity index (χ0v) is 14.7. The van der Waals surface area contributed by atoms with Crippen LogP contribution in [0.5, 0.6) is 0 Å². The van der Waals surface area contributed by atoms with Gasteiger partial charge in [-0.05, 0) is 33.0 Å². The molecule has 1 rings (SSSR count). The predicted octanol–water partition coefficient (Wildman–Crippen LogP) is 3.47. The highest BCUT2D eigenvalue weighted by atomic mass is 35.5. The lowest BCUT2D eigenvalue weighted by Crippen LogP contribution is -2.42. The quantitative estimate of drug-likeness (QED) is 0.618. The Balaban J connectivity index is 2.72. The van der Waals surface area contributed by atoms with Gasteiger partial charge in [-0.25, -0.2) is 0 Å². The molecule has 0 saturated heterocycles. The number of nitrogens with one attached hydrogen (secondary N) is 1. The van der Waals surface area contributed by atoms with Gasteiger partial charge >= 0.3 is 5.97 Å². The molecule has 0 spiro atoms. The average Bonchev–Trinajstić information content (AvgIpc) is 2.43. The number of carbonyl (C=O) groups excluding carboxylic acids is 2. The van der Waals surface area contributed by atoms with Gasteiger partial charge in [-0.1, -0.05) is 34.8 Å². The summed E-state index contributed by atoms with van der Waals surface area (Å²) in [6, 6.07) is 2.37. The molecule has 1 aromatic carbocycles. The first-order chi connectivity index (χ1) is 10.3. The van der Waals surface area contributed by atoms with Crippen LogP contribution >= 0.6 is 34.8 Å². The normalized spacial score (nSPS) is 12.1. The van der Waals surface area contributed by atoms with E-state index in [1.54, 1.807) is 25.8 Å². The van der Waals surface area contributed by atoms with E-state index >= 15 is 0 Å². The number of likely N-dealkylation sites (N-methyl/N-ethyl adjacent to an activating group) is 1. The molecule has 0 aromatic heterocycles. The molecule has 122 valence electrons. The molecule has 0 aliphatic heterocycles. The van der Waals surface area contributed by atoms with Crippen LogP contribution in [-0.2, 0) is 14.3 Å². The third kappa shape index (κ3) is 5.32. The van der Waals surface area contributed by atoms with Crippen LogP contribution in [0.4, 0.5) is 5.69 Å². The second-order valence-electron chi connectivity index (χ2n) is 4.63. The van der Waals surface area contributed by atoms with Crippen molar-refractivity contribution in [2.45, 2.75) is 19.9 Å². The second-order valence-corrected chi connectivity index (χ2v) is 5.85. The molecule has 0 saturated carbocycles. The maximum absolute atomic E-state index is 12.2. The summed E-state index contributed by atoms with van der Waals surface area (Å²) < 4.78 is 4.84. The molecule has 0 bridgehead atoms. The van der Waals surface area contributed by atoms with Gasteiger partial charge in [-0.2, -0.15) is 0 Å². The molecule has 0 fully saturated rings. The molecular formula is C14H17Cl3N2O3. The second kappa shape index (κ2) is 8.58. The largest absolute Gasteiger partial charge is 0.465 e. The van der Waals surface area contributed by atoms with Crippen molar-refractivity contribution in [1.29, 1.82) is 0 Å². The van der Waals surface area contributed by atoms with Gasteiger partial charge in [0.25, 0.3) is 0 Å². The number of anilines is 1. The summed E-state index contributed by atoms with van der Waals surface area (Å²) in [5, 5.41) is 3.53. The summed E-state index contributed by atoms with van der Waals surface area (Å²) in [6.45, 7) is 3.70. The van der Waals surface area contributed by atoms with Gasteiger partial charge in [0.1, 0.15) is 0 Å². The fourth-order valence-corrected chi connectivity index (χ4v) is 2.20. The molecule has 1 aromatic rings. The van der Waals surface area contributed by atoms with E-state index in [2.05, 4.69) is 5.32 Å². The fraction of sp³-hybridized carbons (Fsp3) is 0.429. The maximum Gasteiger partial charge on any atom is 0.320 e. The van der Waals surface area contributed by atoms with Gasteiger partial charge in [0, 0.05) is 0 Å². The standard InChI is InChI=1S/C14H17Cl3N2O3/c1-4-22-13(20)7-19(3)8(2)14(21)18-12-6-10(16)9(15)5-11(12)17/h5-6,8H,4,7H2,1-3H3,(H,18,21). The van der Waals surface area contributed by atoms with Gasteiger partial charge < -0.3 is 10.1 Å². The highest BCUT2D eigenvalue weighted by molar-refractivity contribution is 6.44. The summed E-state index contributed by atoms with van der Waals surface area (Å²) in [7, 11) is 1.65. The number of carbonyl (C=O) groups is 2. The number of rotatable bonds is 6. The molecule has 8 heteroatoms. The number of amides is 1. The van der Waals surface area contributed by atoms with Crippen LogP contribution in [-0.4, -0.2) is 43.0 Å². The number of halogens is 3. The Hall–Kier alpha value is -1.01. The van der Waals surface area contributed by atoms with Gasteiger partial charge in [0.15, 0.2) is 0 Å². The zero-order valence-electron chi connectivity index (χ0n) is 12.5. The number of ether oxygens (including phenoxy) is 1. The van der Waals surface area contributed by atoms with Crippen molar-refractivity contribution in [3.05, 3.63) is 27.2 Å². The zero-order chi connectivity index (χ0) is 16.9. The van der Waals surface area contributed by atoms with E-state index in [4.69, 9.17) is 39.5 Å². The molecule has 0 heterocycles. The smallest absolute Gasteiger partial charge is 0.320 e. The van der Waals surface area contributed by atoms with E-state index in [1.807, 2.05) is 0 Å². The Morgan fingerprint density at radius 2 is 1.82 bits per heavy atom. The van der Waals surface area contributed by atoms with Crippen LogP contribution in [0.1, 0.15) is 13.8 Å². The highest BCUT2D eigenvalue weighted by Crippen LogP contribution is 2.32. The number of benzene rings is 1. The van der Waals surface area contributed by atoms with E-state index in [1.165, 1.54) is 12.1 Å². The van der Waals surface area contributed by atoms with E-state index in [0.717, 1.165) is 0 Å². The van der Waals surface area contributed by atoms with Crippen LogP contribution in [0.2, 0.25) is 15.1 Å². The number of nitrogens with zero attached hydrogens (tertiary/aromatic N) is 1. The summed E-state index contributed by atoms with van der Waals surface area (Å²) in [5.41, 5.74) is 0.359. The summed E-state index contributed by atoms with van der Waals surface area (Å²) in [5.74, 6) is -0.718. The monoisotopic (exact) mass is 366 g/mol. The minimum absolute atomic E-state index is 0.0114. The van der Waals surface area contributed by atoms with Gasteiger partial charge in [-0.3, -0.25) is 14.5 Å². The highest BCUT2D eigenvalue weighted by Gasteiger charge is 2.21. The average molecular weight is 368 g/mol.